The van der Waals surface area contributed by atoms with Gasteiger partial charge in [-0.2, -0.15) is 0 Å². The molecular weight excluding hydrogens is 194 g/mol. The predicted octanol–water partition coefficient (Wildman–Crippen LogP) is 2.09. The fraction of sp³-hybridized carbons (Fsp3) is 0.125. The Hall–Kier alpha value is -1.10. The van der Waals surface area contributed by atoms with E-state index < -0.39 is 11.6 Å². The molecule has 0 saturated heterocycles. The van der Waals surface area contributed by atoms with E-state index in [2.05, 4.69) is 0 Å². The molecule has 3 N–H and O–H groups in total. The van der Waals surface area contributed by atoms with Crippen LogP contribution in [0.5, 0.6) is 0 Å². The van der Waals surface area contributed by atoms with E-state index >= 15 is 0 Å². The van der Waals surface area contributed by atoms with Crippen molar-refractivity contribution in [1.29, 1.82) is 5.41 Å². The number of hydrogen-bond donors (Lipinski definition) is 2. The second-order valence-corrected chi connectivity index (χ2v) is 3.41. The van der Waals surface area contributed by atoms with Crippen molar-refractivity contribution in [1.82, 2.24) is 0 Å². The van der Waals surface area contributed by atoms with E-state index in [1.165, 1.54) is 12.1 Å². The molecule has 2 nitrogen and oxygen atoms in total. The molecule has 0 bridgehead atoms. The summed E-state index contributed by atoms with van der Waals surface area (Å²) >= 11 is 1.00. The van der Waals surface area contributed by atoms with Gasteiger partial charge in [-0.05, 0) is 11.6 Å². The molecule has 1 aromatic rings. The van der Waals surface area contributed by atoms with Crippen LogP contribution in [0.2, 0.25) is 0 Å². The molecule has 0 aliphatic carbocycles. The summed E-state index contributed by atoms with van der Waals surface area (Å²) < 4.78 is 25.4. The van der Waals surface area contributed by atoms with Gasteiger partial charge >= 0.3 is 0 Å². The van der Waals surface area contributed by atoms with Gasteiger partial charge in [0, 0.05) is 11.8 Å². The van der Waals surface area contributed by atoms with Crippen LogP contribution in [0, 0.1) is 17.0 Å². The Labute approximate surface area is 78.6 Å². The van der Waals surface area contributed by atoms with Gasteiger partial charge in [-0.25, -0.2) is 8.78 Å². The molecule has 1 aromatic carbocycles. The highest BCUT2D eigenvalue weighted by Gasteiger charge is 2.03. The predicted molar refractivity (Wildman–Crippen MR) is 49.6 cm³/mol. The third-order valence-corrected chi connectivity index (χ3v) is 2.16. The number of halogens is 2. The lowest BCUT2D eigenvalue weighted by Crippen LogP contribution is -2.04. The van der Waals surface area contributed by atoms with Crippen LogP contribution in [0.15, 0.2) is 18.2 Å². The fourth-order valence-corrected chi connectivity index (χ4v) is 1.34. The highest BCUT2D eigenvalue weighted by molar-refractivity contribution is 8.13. The second kappa shape index (κ2) is 4.23. The van der Waals surface area contributed by atoms with Crippen LogP contribution in [-0.2, 0) is 5.75 Å². The van der Waals surface area contributed by atoms with Gasteiger partial charge < -0.3 is 5.73 Å². The van der Waals surface area contributed by atoms with Crippen molar-refractivity contribution in [2.75, 3.05) is 0 Å². The van der Waals surface area contributed by atoms with E-state index in [1.807, 2.05) is 0 Å². The number of nitrogens with one attached hydrogen (secondary N) is 1. The van der Waals surface area contributed by atoms with E-state index in [-0.39, 0.29) is 10.9 Å². The van der Waals surface area contributed by atoms with Gasteiger partial charge in [0.15, 0.2) is 5.17 Å². The maximum atomic E-state index is 12.9. The second-order valence-electron chi connectivity index (χ2n) is 2.39. The van der Waals surface area contributed by atoms with Crippen molar-refractivity contribution in [3.8, 4) is 0 Å². The summed E-state index contributed by atoms with van der Waals surface area (Å²) in [6.45, 7) is 0. The molecule has 0 saturated carbocycles. The fourth-order valence-electron chi connectivity index (χ4n) is 0.794. The largest absolute Gasteiger partial charge is 0.379 e. The summed E-state index contributed by atoms with van der Waals surface area (Å²) in [7, 11) is 0. The summed E-state index contributed by atoms with van der Waals surface area (Å²) in [5.41, 5.74) is 5.42. The van der Waals surface area contributed by atoms with Gasteiger partial charge in [0.1, 0.15) is 11.6 Å². The molecule has 0 heterocycles. The standard InChI is InChI=1S/C8H8F2N2S/c9-6-2-1-5(7(10)3-6)4-13-8(11)12/h1-3H,4H2,(H3,11,12). The average molecular weight is 202 g/mol. The van der Waals surface area contributed by atoms with Gasteiger partial charge in [0.2, 0.25) is 0 Å². The number of hydrogen-bond acceptors (Lipinski definition) is 2. The number of thioether (sulfide) groups is 1. The number of benzene rings is 1. The van der Waals surface area contributed by atoms with Gasteiger partial charge in [-0.15, -0.1) is 0 Å². The van der Waals surface area contributed by atoms with E-state index in [0.29, 0.717) is 5.56 Å². The topological polar surface area (TPSA) is 49.9 Å². The molecule has 0 aromatic heterocycles. The van der Waals surface area contributed by atoms with Gasteiger partial charge in [-0.1, -0.05) is 17.8 Å². The first-order valence-electron chi connectivity index (χ1n) is 3.50. The normalized spacial score (nSPS) is 10.0. The summed E-state index contributed by atoms with van der Waals surface area (Å²) in [4.78, 5) is 0. The van der Waals surface area contributed by atoms with Crippen molar-refractivity contribution >= 4 is 16.9 Å². The molecule has 0 radical (unpaired) electrons. The number of amidine groups is 1. The van der Waals surface area contributed by atoms with Crippen molar-refractivity contribution in [2.24, 2.45) is 5.73 Å². The molecule has 0 aliphatic heterocycles. The molecule has 0 unspecified atom stereocenters. The third kappa shape index (κ3) is 3.02. The summed E-state index contributed by atoms with van der Waals surface area (Å²) in [5.74, 6) is -0.954. The minimum atomic E-state index is -0.603. The molecule has 0 fully saturated rings. The highest BCUT2D eigenvalue weighted by Crippen LogP contribution is 2.15. The summed E-state index contributed by atoms with van der Waals surface area (Å²) in [6.07, 6.45) is 0. The lowest BCUT2D eigenvalue weighted by Gasteiger charge is -2.01. The van der Waals surface area contributed by atoms with E-state index in [9.17, 15) is 8.78 Å². The van der Waals surface area contributed by atoms with Crippen LogP contribution in [0.3, 0.4) is 0 Å². The molecule has 13 heavy (non-hydrogen) atoms. The molecule has 0 atom stereocenters. The van der Waals surface area contributed by atoms with Crippen molar-refractivity contribution in [3.05, 3.63) is 35.4 Å². The number of nitrogens with two attached hydrogens (primary N) is 1. The maximum absolute atomic E-state index is 12.9. The SMILES string of the molecule is N=C(N)SCc1ccc(F)cc1F. The molecule has 1 rings (SSSR count). The molecule has 0 amide bonds. The van der Waals surface area contributed by atoms with Gasteiger partial charge in [0.05, 0.1) is 0 Å². The van der Waals surface area contributed by atoms with Crippen LogP contribution in [0.4, 0.5) is 8.78 Å². The zero-order valence-corrected chi connectivity index (χ0v) is 7.50. The van der Waals surface area contributed by atoms with Crippen LogP contribution >= 0.6 is 11.8 Å². The van der Waals surface area contributed by atoms with Crippen LogP contribution in [0.1, 0.15) is 5.56 Å². The monoisotopic (exact) mass is 202 g/mol. The molecule has 0 aliphatic rings. The van der Waals surface area contributed by atoms with Crippen molar-refractivity contribution in [2.45, 2.75) is 5.75 Å². The lowest BCUT2D eigenvalue weighted by atomic mass is 10.2. The van der Waals surface area contributed by atoms with Crippen molar-refractivity contribution in [3.63, 3.8) is 0 Å². The first kappa shape index (κ1) is 9.98. The Morgan fingerprint density at radius 1 is 1.46 bits per heavy atom. The Kier molecular flexibility index (Phi) is 3.25. The van der Waals surface area contributed by atoms with E-state index in [0.717, 1.165) is 17.8 Å². The Morgan fingerprint density at radius 2 is 2.15 bits per heavy atom. The molecular formula is C8H8F2N2S. The van der Waals surface area contributed by atoms with Crippen LogP contribution in [0.25, 0.3) is 0 Å². The molecule has 0 spiro atoms. The zero-order valence-electron chi connectivity index (χ0n) is 6.68. The van der Waals surface area contributed by atoms with Crippen LogP contribution < -0.4 is 5.73 Å². The zero-order chi connectivity index (χ0) is 9.84. The van der Waals surface area contributed by atoms with Gasteiger partial charge in [-0.3, -0.25) is 5.41 Å². The molecule has 5 heteroatoms. The highest BCUT2D eigenvalue weighted by atomic mass is 32.2. The maximum Gasteiger partial charge on any atom is 0.151 e. The van der Waals surface area contributed by atoms with Gasteiger partial charge in [0.25, 0.3) is 0 Å². The minimum Gasteiger partial charge on any atom is -0.379 e. The lowest BCUT2D eigenvalue weighted by molar-refractivity contribution is 0.577. The summed E-state index contributed by atoms with van der Waals surface area (Å²) in [6, 6.07) is 3.34. The molecule has 70 valence electrons. The average Bonchev–Trinajstić information content (AvgIpc) is 2.02. The number of rotatable bonds is 2. The van der Waals surface area contributed by atoms with E-state index in [1.54, 1.807) is 0 Å². The Morgan fingerprint density at radius 3 is 2.69 bits per heavy atom. The Bertz CT molecular complexity index is 328. The minimum absolute atomic E-state index is 0.0799. The first-order valence-corrected chi connectivity index (χ1v) is 4.49. The third-order valence-electron chi connectivity index (χ3n) is 1.40. The van der Waals surface area contributed by atoms with Crippen molar-refractivity contribution < 1.29 is 8.78 Å². The van der Waals surface area contributed by atoms with E-state index in [4.69, 9.17) is 11.1 Å². The van der Waals surface area contributed by atoms with Crippen LogP contribution in [-0.4, -0.2) is 5.17 Å². The Balaban J connectivity index is 2.72. The quantitative estimate of drug-likeness (QED) is 0.570. The smallest absolute Gasteiger partial charge is 0.151 e. The summed E-state index contributed by atoms with van der Waals surface area (Å²) in [5, 5.41) is 6.82. The first-order chi connectivity index (χ1) is 6.09.